The number of aromatic nitrogens is 2. The number of nitrogens with one attached hydrogen (secondary N) is 1. The highest BCUT2D eigenvalue weighted by Crippen LogP contribution is 2.21. The molecule has 0 spiro atoms. The predicted octanol–water partition coefficient (Wildman–Crippen LogP) is 3.33. The maximum atomic E-state index is 4.46. The van der Waals surface area contributed by atoms with E-state index < -0.39 is 0 Å². The third-order valence-electron chi connectivity index (χ3n) is 2.29. The number of anilines is 1. The smallest absolute Gasteiger partial charge is 0.126 e. The Labute approximate surface area is 99.6 Å². The Morgan fingerprint density at radius 1 is 1.38 bits per heavy atom. The second-order valence-electron chi connectivity index (χ2n) is 3.91. The lowest BCUT2D eigenvalue weighted by Crippen LogP contribution is -2.07. The van der Waals surface area contributed by atoms with Crippen molar-refractivity contribution in [1.82, 2.24) is 9.97 Å². The average molecular weight is 233 g/mol. The molecule has 0 aliphatic heterocycles. The van der Waals surface area contributed by atoms with Crippen LogP contribution in [0.4, 0.5) is 5.82 Å². The third kappa shape index (κ3) is 2.58. The largest absolute Gasteiger partial charge is 0.361 e. The van der Waals surface area contributed by atoms with Crippen LogP contribution in [0.15, 0.2) is 23.7 Å². The van der Waals surface area contributed by atoms with Gasteiger partial charge in [0.1, 0.15) is 10.8 Å². The zero-order valence-corrected chi connectivity index (χ0v) is 10.5. The molecule has 2 aromatic heterocycles. The van der Waals surface area contributed by atoms with E-state index in [0.717, 1.165) is 16.5 Å². The van der Waals surface area contributed by atoms with Gasteiger partial charge in [-0.05, 0) is 38.5 Å². The first kappa shape index (κ1) is 11.1. The summed E-state index contributed by atoms with van der Waals surface area (Å²) in [6.07, 6.45) is 1.82. The molecule has 1 atom stereocenters. The monoisotopic (exact) mass is 233 g/mol. The Bertz CT molecular complexity index is 479. The van der Waals surface area contributed by atoms with Gasteiger partial charge in [-0.3, -0.25) is 0 Å². The topological polar surface area (TPSA) is 37.8 Å². The molecule has 3 nitrogen and oxygen atoms in total. The summed E-state index contributed by atoms with van der Waals surface area (Å²) in [7, 11) is 0. The molecule has 1 unspecified atom stereocenters. The van der Waals surface area contributed by atoms with Gasteiger partial charge in [0.2, 0.25) is 0 Å². The zero-order valence-electron chi connectivity index (χ0n) is 9.69. The highest BCUT2D eigenvalue weighted by molar-refractivity contribution is 7.09. The van der Waals surface area contributed by atoms with E-state index in [1.807, 2.05) is 25.3 Å². The number of thiazole rings is 1. The van der Waals surface area contributed by atoms with Crippen molar-refractivity contribution >= 4 is 17.2 Å². The summed E-state index contributed by atoms with van der Waals surface area (Å²) in [4.78, 5) is 8.74. The molecule has 2 heterocycles. The van der Waals surface area contributed by atoms with Gasteiger partial charge in [0.25, 0.3) is 0 Å². The van der Waals surface area contributed by atoms with Gasteiger partial charge < -0.3 is 5.32 Å². The third-order valence-corrected chi connectivity index (χ3v) is 3.43. The lowest BCUT2D eigenvalue weighted by Gasteiger charge is -2.11. The summed E-state index contributed by atoms with van der Waals surface area (Å²) >= 11 is 1.68. The van der Waals surface area contributed by atoms with Crippen LogP contribution in [0, 0.1) is 13.8 Å². The molecule has 1 N–H and O–H groups in total. The summed E-state index contributed by atoms with van der Waals surface area (Å²) in [5.41, 5.74) is 2.28. The predicted molar refractivity (Wildman–Crippen MR) is 67.9 cm³/mol. The molecule has 2 aromatic rings. The van der Waals surface area contributed by atoms with Gasteiger partial charge in [0.05, 0.1) is 6.04 Å². The van der Waals surface area contributed by atoms with Gasteiger partial charge >= 0.3 is 0 Å². The Balaban J connectivity index is 2.10. The molecule has 0 saturated carbocycles. The number of hydrogen-bond acceptors (Lipinski definition) is 4. The first-order valence-corrected chi connectivity index (χ1v) is 6.14. The summed E-state index contributed by atoms with van der Waals surface area (Å²) in [5, 5.41) is 6.51. The Kier molecular flexibility index (Phi) is 3.19. The van der Waals surface area contributed by atoms with Crippen molar-refractivity contribution in [3.63, 3.8) is 0 Å². The van der Waals surface area contributed by atoms with Gasteiger partial charge in [0, 0.05) is 17.3 Å². The van der Waals surface area contributed by atoms with E-state index in [0.29, 0.717) is 0 Å². The quantitative estimate of drug-likeness (QED) is 0.883. The highest BCUT2D eigenvalue weighted by Gasteiger charge is 2.09. The van der Waals surface area contributed by atoms with Crippen LogP contribution in [-0.2, 0) is 0 Å². The molecular weight excluding hydrogens is 218 g/mol. The van der Waals surface area contributed by atoms with Crippen molar-refractivity contribution in [2.24, 2.45) is 0 Å². The van der Waals surface area contributed by atoms with Gasteiger partial charge in [0.15, 0.2) is 0 Å². The Morgan fingerprint density at radius 3 is 2.81 bits per heavy atom. The zero-order chi connectivity index (χ0) is 11.5. The lowest BCUT2D eigenvalue weighted by molar-refractivity contribution is 0.855. The summed E-state index contributed by atoms with van der Waals surface area (Å²) in [5.74, 6) is 0.903. The van der Waals surface area contributed by atoms with E-state index in [2.05, 4.69) is 34.5 Å². The van der Waals surface area contributed by atoms with Crippen LogP contribution in [0.5, 0.6) is 0 Å². The first-order valence-electron chi connectivity index (χ1n) is 5.26. The van der Waals surface area contributed by atoms with Gasteiger partial charge in [-0.2, -0.15) is 0 Å². The molecule has 0 saturated heterocycles. The number of rotatable bonds is 3. The van der Waals surface area contributed by atoms with Gasteiger partial charge in [-0.25, -0.2) is 9.97 Å². The van der Waals surface area contributed by atoms with E-state index >= 15 is 0 Å². The summed E-state index contributed by atoms with van der Waals surface area (Å²) in [6.45, 7) is 6.17. The molecule has 2 rings (SSSR count). The van der Waals surface area contributed by atoms with E-state index in [-0.39, 0.29) is 6.04 Å². The van der Waals surface area contributed by atoms with E-state index in [1.54, 1.807) is 11.3 Å². The molecule has 0 amide bonds. The number of aryl methyl sites for hydroxylation is 2. The van der Waals surface area contributed by atoms with E-state index in [1.165, 1.54) is 5.56 Å². The van der Waals surface area contributed by atoms with Crippen LogP contribution in [0.2, 0.25) is 0 Å². The number of hydrogen-bond donors (Lipinski definition) is 1. The van der Waals surface area contributed by atoms with Crippen molar-refractivity contribution < 1.29 is 0 Å². The van der Waals surface area contributed by atoms with Crippen LogP contribution in [-0.4, -0.2) is 9.97 Å². The first-order chi connectivity index (χ1) is 7.65. The van der Waals surface area contributed by atoms with Crippen LogP contribution < -0.4 is 5.32 Å². The van der Waals surface area contributed by atoms with Crippen molar-refractivity contribution in [1.29, 1.82) is 0 Å². The highest BCUT2D eigenvalue weighted by atomic mass is 32.1. The molecule has 84 valence electrons. The maximum Gasteiger partial charge on any atom is 0.126 e. The van der Waals surface area contributed by atoms with Gasteiger partial charge in [-0.15, -0.1) is 11.3 Å². The second-order valence-corrected chi connectivity index (χ2v) is 4.80. The van der Waals surface area contributed by atoms with Gasteiger partial charge in [-0.1, -0.05) is 0 Å². The number of pyridine rings is 1. The van der Waals surface area contributed by atoms with E-state index in [9.17, 15) is 0 Å². The normalized spacial score (nSPS) is 12.4. The second kappa shape index (κ2) is 4.61. The maximum absolute atomic E-state index is 4.46. The minimum atomic E-state index is 0.202. The standard InChI is InChI=1S/C12H15N3S/c1-8-4-5-13-11(6-8)15-10(3)12-14-9(2)7-16-12/h4-7,10H,1-3H3,(H,13,15). The molecule has 0 fully saturated rings. The van der Waals surface area contributed by atoms with Crippen molar-refractivity contribution in [3.8, 4) is 0 Å². The molecule has 0 aliphatic carbocycles. The molecule has 0 aromatic carbocycles. The lowest BCUT2D eigenvalue weighted by atomic mass is 10.3. The summed E-state index contributed by atoms with van der Waals surface area (Å²) < 4.78 is 0. The van der Waals surface area contributed by atoms with Crippen LogP contribution in [0.25, 0.3) is 0 Å². The minimum absolute atomic E-state index is 0.202. The van der Waals surface area contributed by atoms with E-state index in [4.69, 9.17) is 0 Å². The fraction of sp³-hybridized carbons (Fsp3) is 0.333. The van der Waals surface area contributed by atoms with Crippen molar-refractivity contribution in [2.45, 2.75) is 26.8 Å². The molecular formula is C12H15N3S. The molecule has 0 radical (unpaired) electrons. The molecule has 16 heavy (non-hydrogen) atoms. The number of nitrogens with zero attached hydrogens (tertiary/aromatic N) is 2. The SMILES string of the molecule is Cc1ccnc(NC(C)c2nc(C)cs2)c1. The Hall–Kier alpha value is -1.42. The van der Waals surface area contributed by atoms with Crippen LogP contribution in [0.3, 0.4) is 0 Å². The average Bonchev–Trinajstić information content (AvgIpc) is 2.65. The molecule has 4 heteroatoms. The van der Waals surface area contributed by atoms with Crippen LogP contribution >= 0.6 is 11.3 Å². The fourth-order valence-corrected chi connectivity index (χ4v) is 2.27. The summed E-state index contributed by atoms with van der Waals surface area (Å²) in [6, 6.07) is 4.23. The van der Waals surface area contributed by atoms with Crippen LogP contribution in [0.1, 0.15) is 29.2 Å². The molecule has 0 aliphatic rings. The molecule has 0 bridgehead atoms. The minimum Gasteiger partial charge on any atom is -0.361 e. The fourth-order valence-electron chi connectivity index (χ4n) is 1.47. The Morgan fingerprint density at radius 2 is 2.19 bits per heavy atom. The van der Waals surface area contributed by atoms with Crippen molar-refractivity contribution in [2.75, 3.05) is 5.32 Å². The van der Waals surface area contributed by atoms with Crippen molar-refractivity contribution in [3.05, 3.63) is 40.0 Å².